The summed E-state index contributed by atoms with van der Waals surface area (Å²) < 4.78 is 68.5. The topological polar surface area (TPSA) is 237 Å². The zero-order chi connectivity index (χ0) is 70.3. The van der Waals surface area contributed by atoms with Crippen LogP contribution < -0.4 is 0 Å². The monoisotopic (exact) mass is 1400 g/mol. The van der Waals surface area contributed by atoms with E-state index in [9.17, 15) is 43.2 Å². The number of carbonyl (C=O) groups is 4. The SMILES string of the molecule is CC(C)CCCCCCCCCCCCCCCCCC(=O)OC[C@H](COP(=O)(O)OCC(O)COP(=O)(O)OC[C@@H](COC(=O)CCCCCCCCCCC(C)C)OC(=O)CCCCCCCCCCCC(C)C)OC(=O)CCCCCCCCCCCCCC(C)C. The molecular weight excluding hydrogens is 1250 g/mol. The van der Waals surface area contributed by atoms with Crippen molar-refractivity contribution in [2.24, 2.45) is 23.7 Å². The molecule has 95 heavy (non-hydrogen) atoms. The highest BCUT2D eigenvalue weighted by Crippen LogP contribution is 2.45. The van der Waals surface area contributed by atoms with Crippen molar-refractivity contribution in [3.8, 4) is 0 Å². The van der Waals surface area contributed by atoms with Gasteiger partial charge in [0.15, 0.2) is 12.2 Å². The molecule has 0 bridgehead atoms. The van der Waals surface area contributed by atoms with E-state index in [1.54, 1.807) is 0 Å². The number of phosphoric ester groups is 2. The molecular formula is C76H148O17P2. The zero-order valence-corrected chi connectivity index (χ0v) is 64.1. The van der Waals surface area contributed by atoms with Gasteiger partial charge in [-0.25, -0.2) is 9.13 Å². The molecule has 3 N–H and O–H groups in total. The molecule has 0 aliphatic rings. The molecule has 0 aromatic carbocycles. The smallest absolute Gasteiger partial charge is 0.462 e. The molecule has 0 aromatic heterocycles. The molecule has 19 heteroatoms. The van der Waals surface area contributed by atoms with Gasteiger partial charge in [0, 0.05) is 25.7 Å². The molecule has 0 rings (SSSR count). The van der Waals surface area contributed by atoms with E-state index in [1.807, 2.05) is 0 Å². The summed E-state index contributed by atoms with van der Waals surface area (Å²) in [5.74, 6) is 0.913. The Bertz CT molecular complexity index is 1870. The summed E-state index contributed by atoms with van der Waals surface area (Å²) in [6.07, 6.45) is 50.0. The maximum absolute atomic E-state index is 13.1. The van der Waals surface area contributed by atoms with Gasteiger partial charge in [0.05, 0.1) is 26.4 Å². The van der Waals surface area contributed by atoms with E-state index in [-0.39, 0.29) is 25.7 Å². The minimum Gasteiger partial charge on any atom is -0.462 e. The van der Waals surface area contributed by atoms with Crippen molar-refractivity contribution in [2.75, 3.05) is 39.6 Å². The van der Waals surface area contributed by atoms with Crippen LogP contribution in [0.2, 0.25) is 0 Å². The van der Waals surface area contributed by atoms with Gasteiger partial charge < -0.3 is 33.8 Å². The molecule has 0 saturated carbocycles. The van der Waals surface area contributed by atoms with Gasteiger partial charge in [0.1, 0.15) is 19.3 Å². The number of carbonyl (C=O) groups excluding carboxylic acids is 4. The molecule has 3 unspecified atom stereocenters. The van der Waals surface area contributed by atoms with Crippen LogP contribution in [0.4, 0.5) is 0 Å². The molecule has 0 heterocycles. The first-order valence-corrected chi connectivity index (χ1v) is 42.2. The van der Waals surface area contributed by atoms with E-state index in [2.05, 4.69) is 55.4 Å². The number of esters is 4. The maximum atomic E-state index is 13.1. The zero-order valence-electron chi connectivity index (χ0n) is 62.3. The number of unbranched alkanes of at least 4 members (excludes halogenated alkanes) is 39. The predicted molar refractivity (Wildman–Crippen MR) is 386 cm³/mol. The number of hydrogen-bond acceptors (Lipinski definition) is 15. The minimum absolute atomic E-state index is 0.104. The van der Waals surface area contributed by atoms with E-state index in [4.69, 9.17) is 37.0 Å². The van der Waals surface area contributed by atoms with Gasteiger partial charge in [-0.2, -0.15) is 0 Å². The molecule has 0 spiro atoms. The maximum Gasteiger partial charge on any atom is 0.472 e. The van der Waals surface area contributed by atoms with Gasteiger partial charge >= 0.3 is 39.5 Å². The Hall–Kier alpha value is -1.94. The summed E-state index contributed by atoms with van der Waals surface area (Å²) in [6, 6.07) is 0. The largest absolute Gasteiger partial charge is 0.472 e. The number of aliphatic hydroxyl groups is 1. The second-order valence-corrected chi connectivity index (χ2v) is 32.2. The first-order chi connectivity index (χ1) is 45.6. The summed E-state index contributed by atoms with van der Waals surface area (Å²) in [4.78, 5) is 72.8. The highest BCUT2D eigenvalue weighted by molar-refractivity contribution is 7.47. The fraction of sp³-hybridized carbons (Fsp3) is 0.947. The lowest BCUT2D eigenvalue weighted by Crippen LogP contribution is -2.30. The van der Waals surface area contributed by atoms with Crippen LogP contribution in [0.5, 0.6) is 0 Å². The first-order valence-electron chi connectivity index (χ1n) is 39.2. The molecule has 0 saturated heterocycles. The summed E-state index contributed by atoms with van der Waals surface area (Å²) in [6.45, 7) is 14.2. The molecule has 5 atom stereocenters. The van der Waals surface area contributed by atoms with Crippen LogP contribution in [0.15, 0.2) is 0 Å². The van der Waals surface area contributed by atoms with Crippen molar-refractivity contribution in [3.63, 3.8) is 0 Å². The quantitative estimate of drug-likeness (QED) is 0.0222. The molecule has 0 amide bonds. The lowest BCUT2D eigenvalue weighted by atomic mass is 10.0. The van der Waals surface area contributed by atoms with Crippen LogP contribution in [0.25, 0.3) is 0 Å². The van der Waals surface area contributed by atoms with Crippen molar-refractivity contribution in [3.05, 3.63) is 0 Å². The van der Waals surface area contributed by atoms with Gasteiger partial charge in [0.25, 0.3) is 0 Å². The van der Waals surface area contributed by atoms with E-state index >= 15 is 0 Å². The van der Waals surface area contributed by atoms with Crippen molar-refractivity contribution in [2.45, 2.75) is 401 Å². The Labute approximate surface area is 581 Å². The lowest BCUT2D eigenvalue weighted by molar-refractivity contribution is -0.161. The second-order valence-electron chi connectivity index (χ2n) is 29.3. The van der Waals surface area contributed by atoms with Crippen molar-refractivity contribution in [1.82, 2.24) is 0 Å². The van der Waals surface area contributed by atoms with Crippen molar-refractivity contribution < 1.29 is 80.2 Å². The number of aliphatic hydroxyl groups excluding tert-OH is 1. The van der Waals surface area contributed by atoms with E-state index in [0.29, 0.717) is 25.7 Å². The van der Waals surface area contributed by atoms with Crippen molar-refractivity contribution in [1.29, 1.82) is 0 Å². The van der Waals surface area contributed by atoms with Gasteiger partial charge in [-0.3, -0.25) is 37.3 Å². The van der Waals surface area contributed by atoms with Crippen LogP contribution in [0.3, 0.4) is 0 Å². The molecule has 0 aliphatic carbocycles. The van der Waals surface area contributed by atoms with Crippen LogP contribution in [0.1, 0.15) is 383 Å². The fourth-order valence-corrected chi connectivity index (χ4v) is 13.1. The molecule has 564 valence electrons. The van der Waals surface area contributed by atoms with Gasteiger partial charge in [-0.05, 0) is 49.4 Å². The molecule has 0 fully saturated rings. The van der Waals surface area contributed by atoms with Crippen LogP contribution in [-0.2, 0) is 65.4 Å². The van der Waals surface area contributed by atoms with E-state index in [0.717, 1.165) is 114 Å². The standard InChI is InChI=1S/C76H148O17P2/c1-66(2)52-44-36-28-20-15-12-10-9-11-13-17-23-32-40-48-56-73(78)86-62-71(92-75(80)58-50-42-34-24-18-14-16-21-29-37-45-53-67(3)4)64-90-94(82,83)88-60-70(77)61-89-95(84,85)91-65-72(63-87-74(79)57-49-41-33-27-26-31-39-47-55-69(7)8)93-76(81)59-51-43-35-25-19-22-30-38-46-54-68(5)6/h66-72,77H,9-65H2,1-8H3,(H,82,83)(H,84,85)/t70?,71-,72-/m1/s1. The normalized spacial score (nSPS) is 14.1. The van der Waals surface area contributed by atoms with Crippen LogP contribution in [-0.4, -0.2) is 96.7 Å². The Morgan fingerprint density at radius 1 is 0.263 bits per heavy atom. The van der Waals surface area contributed by atoms with Crippen LogP contribution >= 0.6 is 15.6 Å². The number of ether oxygens (including phenoxy) is 4. The fourth-order valence-electron chi connectivity index (χ4n) is 11.6. The molecule has 0 radical (unpaired) electrons. The average Bonchev–Trinajstić information content (AvgIpc) is 2.35. The molecule has 0 aliphatic heterocycles. The third-order valence-electron chi connectivity index (χ3n) is 17.6. The minimum atomic E-state index is -4.96. The van der Waals surface area contributed by atoms with E-state index < -0.39 is 97.5 Å². The predicted octanol–water partition coefficient (Wildman–Crippen LogP) is 22.0. The summed E-state index contributed by atoms with van der Waals surface area (Å²) in [5.41, 5.74) is 0. The average molecular weight is 1400 g/mol. The Kier molecular flexibility index (Phi) is 64.0. The number of phosphoric acid groups is 2. The highest BCUT2D eigenvalue weighted by Gasteiger charge is 2.30. The lowest BCUT2D eigenvalue weighted by Gasteiger charge is -2.21. The van der Waals surface area contributed by atoms with Gasteiger partial charge in [-0.1, -0.05) is 331 Å². The van der Waals surface area contributed by atoms with Crippen molar-refractivity contribution >= 4 is 39.5 Å². The number of hydrogen-bond donors (Lipinski definition) is 3. The summed E-state index contributed by atoms with van der Waals surface area (Å²) >= 11 is 0. The highest BCUT2D eigenvalue weighted by atomic mass is 31.2. The van der Waals surface area contributed by atoms with Gasteiger partial charge in [-0.15, -0.1) is 0 Å². The number of rotatable bonds is 73. The Morgan fingerprint density at radius 3 is 0.653 bits per heavy atom. The van der Waals surface area contributed by atoms with E-state index in [1.165, 1.54) is 186 Å². The van der Waals surface area contributed by atoms with Crippen LogP contribution in [0, 0.1) is 23.7 Å². The molecule has 0 aromatic rings. The molecule has 17 nitrogen and oxygen atoms in total. The van der Waals surface area contributed by atoms with Gasteiger partial charge in [0.2, 0.25) is 0 Å². The third kappa shape index (κ3) is 70.3. The summed E-state index contributed by atoms with van der Waals surface area (Å²) in [7, 11) is -9.91. The Morgan fingerprint density at radius 2 is 0.442 bits per heavy atom. The third-order valence-corrected chi connectivity index (χ3v) is 19.5. The first kappa shape index (κ1) is 93.1. The summed E-state index contributed by atoms with van der Waals surface area (Å²) in [5, 5.41) is 10.6. The second kappa shape index (κ2) is 65.4. The Balaban J connectivity index is 5.24.